The highest BCUT2D eigenvalue weighted by Crippen LogP contribution is 2.59. The number of rotatable bonds is 4. The summed E-state index contributed by atoms with van der Waals surface area (Å²) < 4.78 is 24.6. The van der Waals surface area contributed by atoms with E-state index in [2.05, 4.69) is 0 Å². The summed E-state index contributed by atoms with van der Waals surface area (Å²) in [6, 6.07) is 16.6. The summed E-state index contributed by atoms with van der Waals surface area (Å²) >= 11 is 0. The summed E-state index contributed by atoms with van der Waals surface area (Å²) in [5, 5.41) is 41.1. The van der Waals surface area contributed by atoms with E-state index in [4.69, 9.17) is 14.7 Å². The van der Waals surface area contributed by atoms with Crippen LogP contribution in [0.3, 0.4) is 0 Å². The van der Waals surface area contributed by atoms with Crippen LogP contribution in [-0.4, -0.2) is 31.3 Å². The molecule has 1 N–H and O–H groups in total. The number of ether oxygens (including phenoxy) is 2. The molecule has 8 nitrogen and oxygen atoms in total. The molecule has 2 aromatic rings. The average molecular weight is 459 g/mol. The Kier molecular flexibility index (Phi) is 6.66. The number of aliphatic hydroxyl groups excluding tert-OH is 1. The van der Waals surface area contributed by atoms with Crippen molar-refractivity contribution in [3.63, 3.8) is 0 Å². The molecule has 0 radical (unpaired) electrons. The van der Waals surface area contributed by atoms with E-state index in [0.29, 0.717) is 0 Å². The molecule has 34 heavy (non-hydrogen) atoms. The minimum atomic E-state index is -2.26. The normalized spacial score (nSPS) is 20.9. The third kappa shape index (κ3) is 3.62. The molecule has 0 aliphatic heterocycles. The van der Waals surface area contributed by atoms with E-state index in [9.17, 15) is 25.2 Å². The van der Waals surface area contributed by atoms with Crippen LogP contribution in [0.15, 0.2) is 59.9 Å². The van der Waals surface area contributed by atoms with Gasteiger partial charge in [-0.25, -0.2) is 9.18 Å². The monoisotopic (exact) mass is 459 g/mol. The Labute approximate surface area is 194 Å². The van der Waals surface area contributed by atoms with E-state index in [-0.39, 0.29) is 16.7 Å². The van der Waals surface area contributed by atoms with E-state index in [0.717, 1.165) is 20.3 Å². The van der Waals surface area contributed by atoms with Crippen molar-refractivity contribution < 1.29 is 28.6 Å². The average Bonchev–Trinajstić information content (AvgIpc) is 2.87. The van der Waals surface area contributed by atoms with Gasteiger partial charge in [0.2, 0.25) is 0 Å². The summed E-state index contributed by atoms with van der Waals surface area (Å²) in [4.78, 5) is 25.7. The van der Waals surface area contributed by atoms with Gasteiger partial charge >= 0.3 is 11.9 Å². The van der Waals surface area contributed by atoms with E-state index in [1.54, 1.807) is 0 Å². The molecule has 0 bridgehead atoms. The van der Waals surface area contributed by atoms with Crippen LogP contribution >= 0.6 is 0 Å². The summed E-state index contributed by atoms with van der Waals surface area (Å²) in [5.41, 5.74) is -2.47. The maximum Gasteiger partial charge on any atom is 0.337 e. The molecule has 0 aromatic heterocycles. The first-order chi connectivity index (χ1) is 16.3. The van der Waals surface area contributed by atoms with Gasteiger partial charge < -0.3 is 14.6 Å². The van der Waals surface area contributed by atoms with Crippen molar-refractivity contribution in [1.29, 1.82) is 15.8 Å². The molecule has 2 aromatic carbocycles. The number of nitriles is 3. The van der Waals surface area contributed by atoms with Crippen LogP contribution in [0.5, 0.6) is 0 Å². The fourth-order valence-corrected chi connectivity index (χ4v) is 4.48. The maximum atomic E-state index is 15.0. The zero-order chi connectivity index (χ0) is 25.0. The lowest BCUT2D eigenvalue weighted by Gasteiger charge is -2.44. The Bertz CT molecular complexity index is 1280. The molecular formula is C25H18FN3O5. The van der Waals surface area contributed by atoms with Crippen LogP contribution in [0.2, 0.25) is 0 Å². The Morgan fingerprint density at radius 1 is 1.00 bits per heavy atom. The van der Waals surface area contributed by atoms with E-state index < -0.39 is 52.3 Å². The van der Waals surface area contributed by atoms with Crippen LogP contribution in [0, 0.1) is 51.1 Å². The van der Waals surface area contributed by atoms with Crippen molar-refractivity contribution in [3.05, 3.63) is 82.4 Å². The molecule has 1 aliphatic rings. The van der Waals surface area contributed by atoms with E-state index in [1.165, 1.54) is 42.5 Å². The Hall–Kier alpha value is -4.68. The second-order valence-electron chi connectivity index (χ2n) is 7.55. The van der Waals surface area contributed by atoms with Crippen molar-refractivity contribution in [1.82, 2.24) is 0 Å². The third-order valence-electron chi connectivity index (χ3n) is 5.98. The lowest BCUT2D eigenvalue weighted by molar-refractivity contribution is -0.147. The molecule has 9 heteroatoms. The predicted octanol–water partition coefficient (Wildman–Crippen LogP) is 3.39. The number of esters is 2. The van der Waals surface area contributed by atoms with Crippen LogP contribution in [-0.2, 0) is 19.1 Å². The highest BCUT2D eigenvalue weighted by Gasteiger charge is 2.62. The van der Waals surface area contributed by atoms with Gasteiger partial charge in [0.1, 0.15) is 17.5 Å². The lowest BCUT2D eigenvalue weighted by atomic mass is 9.54. The first-order valence-electron chi connectivity index (χ1n) is 9.97. The van der Waals surface area contributed by atoms with Crippen molar-refractivity contribution in [2.24, 2.45) is 11.3 Å². The highest BCUT2D eigenvalue weighted by atomic mass is 19.1. The molecule has 3 rings (SSSR count). The largest absolute Gasteiger partial charge is 0.511 e. The summed E-state index contributed by atoms with van der Waals surface area (Å²) in [6.45, 7) is 0. The van der Waals surface area contributed by atoms with Gasteiger partial charge in [0, 0.05) is 5.92 Å². The number of carbonyl (C=O) groups excluding carboxylic acids is 2. The molecule has 0 heterocycles. The molecule has 3 unspecified atom stereocenters. The van der Waals surface area contributed by atoms with Crippen molar-refractivity contribution in [3.8, 4) is 18.2 Å². The number of nitrogens with zero attached hydrogens (tertiary/aromatic N) is 3. The first kappa shape index (κ1) is 24.0. The summed E-state index contributed by atoms with van der Waals surface area (Å²) in [6.07, 6.45) is 0. The van der Waals surface area contributed by atoms with Gasteiger partial charge in [0.25, 0.3) is 0 Å². The summed E-state index contributed by atoms with van der Waals surface area (Å²) in [5.74, 6) is -8.50. The van der Waals surface area contributed by atoms with Gasteiger partial charge in [-0.3, -0.25) is 4.79 Å². The fourth-order valence-electron chi connectivity index (χ4n) is 4.48. The Morgan fingerprint density at radius 2 is 1.62 bits per heavy atom. The summed E-state index contributed by atoms with van der Waals surface area (Å²) in [7, 11) is 2.06. The van der Waals surface area contributed by atoms with Crippen molar-refractivity contribution >= 4 is 11.9 Å². The van der Waals surface area contributed by atoms with Gasteiger partial charge in [-0.2, -0.15) is 15.8 Å². The number of carbonyl (C=O) groups is 2. The number of benzene rings is 2. The molecule has 0 fully saturated rings. The van der Waals surface area contributed by atoms with E-state index in [1.807, 2.05) is 18.2 Å². The SMILES string of the molecule is COC(=O)C1=C(O)C(C(=O)OC)C(c2ccccc2F)C(C#N)(C#N)C1c1ccc(C#N)cc1. The molecule has 0 saturated carbocycles. The number of hydrogen-bond donors (Lipinski definition) is 1. The van der Waals surface area contributed by atoms with Crippen LogP contribution in [0.4, 0.5) is 4.39 Å². The molecule has 3 atom stereocenters. The van der Waals surface area contributed by atoms with Gasteiger partial charge in [-0.05, 0) is 29.3 Å². The predicted molar refractivity (Wildman–Crippen MR) is 114 cm³/mol. The molecule has 0 spiro atoms. The van der Waals surface area contributed by atoms with E-state index >= 15 is 4.39 Å². The zero-order valence-electron chi connectivity index (χ0n) is 18.2. The Morgan fingerprint density at radius 3 is 2.12 bits per heavy atom. The van der Waals surface area contributed by atoms with Gasteiger partial charge in [0.15, 0.2) is 5.41 Å². The van der Waals surface area contributed by atoms with Gasteiger partial charge in [0.05, 0.1) is 49.5 Å². The van der Waals surface area contributed by atoms with Crippen LogP contribution in [0.25, 0.3) is 0 Å². The fraction of sp³-hybridized carbons (Fsp3) is 0.240. The lowest BCUT2D eigenvalue weighted by Crippen LogP contribution is -2.47. The first-order valence-corrected chi connectivity index (χ1v) is 9.97. The molecular weight excluding hydrogens is 441 g/mol. The molecule has 1 aliphatic carbocycles. The zero-order valence-corrected chi connectivity index (χ0v) is 18.2. The third-order valence-corrected chi connectivity index (χ3v) is 5.98. The van der Waals surface area contributed by atoms with Crippen molar-refractivity contribution in [2.45, 2.75) is 11.8 Å². The maximum absolute atomic E-state index is 15.0. The van der Waals surface area contributed by atoms with Gasteiger partial charge in [-0.15, -0.1) is 0 Å². The van der Waals surface area contributed by atoms with Gasteiger partial charge in [-0.1, -0.05) is 30.3 Å². The van der Waals surface area contributed by atoms with Crippen LogP contribution in [0.1, 0.15) is 28.5 Å². The second kappa shape index (κ2) is 9.44. The number of methoxy groups -OCH3 is 2. The molecule has 0 saturated heterocycles. The smallest absolute Gasteiger partial charge is 0.337 e. The minimum absolute atomic E-state index is 0.185. The topological polar surface area (TPSA) is 144 Å². The number of aliphatic hydroxyl groups is 1. The minimum Gasteiger partial charge on any atom is -0.511 e. The number of hydrogen-bond acceptors (Lipinski definition) is 8. The number of halogens is 1. The molecule has 0 amide bonds. The highest BCUT2D eigenvalue weighted by molar-refractivity contribution is 5.94. The standard InChI is InChI=1S/C25H18FN3O5/c1-33-23(31)18-20(15-9-7-14(11-27)8-10-15)25(12-28,13-29)21(16-5-3-4-6-17(16)26)19(22(18)30)24(32)34-2/h3-10,19-21,30H,1-2H3. The molecule has 170 valence electrons. The van der Waals surface area contributed by atoms with Crippen molar-refractivity contribution in [2.75, 3.05) is 14.2 Å². The quantitative estimate of drug-likeness (QED) is 0.685. The second-order valence-corrected chi connectivity index (χ2v) is 7.55. The van der Waals surface area contributed by atoms with Crippen LogP contribution < -0.4 is 0 Å². The Balaban J connectivity index is 2.50.